The smallest absolute Gasteiger partial charge is 0.243 e. The lowest BCUT2D eigenvalue weighted by Crippen LogP contribution is -2.21. The zero-order valence-electron chi connectivity index (χ0n) is 16.4. The van der Waals surface area contributed by atoms with Gasteiger partial charge >= 0.3 is 0 Å². The number of halogens is 1. The number of rotatable bonds is 11. The Kier molecular flexibility index (Phi) is 7.70. The summed E-state index contributed by atoms with van der Waals surface area (Å²) in [5.41, 5.74) is 2.11. The number of benzene rings is 2. The van der Waals surface area contributed by atoms with Crippen molar-refractivity contribution in [1.82, 2.24) is 14.9 Å². The van der Waals surface area contributed by atoms with Crippen LogP contribution in [-0.4, -0.2) is 28.6 Å². The molecule has 29 heavy (non-hydrogen) atoms. The molecular formula is C23H26ClN3O2. The normalized spacial score (nSPS) is 10.8. The summed E-state index contributed by atoms with van der Waals surface area (Å²) in [4.78, 5) is 16.0. The van der Waals surface area contributed by atoms with Crippen molar-refractivity contribution in [2.45, 2.75) is 32.2 Å². The number of carbonyl (C=O) groups is 1. The molecule has 1 amide bonds. The van der Waals surface area contributed by atoms with Crippen molar-refractivity contribution in [1.29, 1.82) is 0 Å². The van der Waals surface area contributed by atoms with Crippen LogP contribution in [0.25, 0.3) is 11.0 Å². The van der Waals surface area contributed by atoms with E-state index >= 15 is 0 Å². The number of hydrogen-bond acceptors (Lipinski definition) is 3. The molecule has 1 aromatic heterocycles. The highest BCUT2D eigenvalue weighted by molar-refractivity contribution is 6.32. The number of para-hydroxylation sites is 3. The number of imidazole rings is 1. The molecule has 0 fully saturated rings. The van der Waals surface area contributed by atoms with Crippen LogP contribution in [0.2, 0.25) is 5.02 Å². The summed E-state index contributed by atoms with van der Waals surface area (Å²) < 4.78 is 8.10. The maximum absolute atomic E-state index is 11.2. The van der Waals surface area contributed by atoms with Gasteiger partial charge in [-0.15, -0.1) is 0 Å². The van der Waals surface area contributed by atoms with E-state index in [1.807, 2.05) is 42.5 Å². The van der Waals surface area contributed by atoms with Gasteiger partial charge in [-0.05, 0) is 43.2 Å². The number of carbonyl (C=O) groups excluding carboxylic acids is 1. The van der Waals surface area contributed by atoms with Crippen molar-refractivity contribution in [3.63, 3.8) is 0 Å². The minimum Gasteiger partial charge on any atom is -0.490 e. The second-order valence-corrected chi connectivity index (χ2v) is 7.16. The van der Waals surface area contributed by atoms with E-state index in [-0.39, 0.29) is 5.91 Å². The van der Waals surface area contributed by atoms with Crippen LogP contribution in [-0.2, 0) is 17.8 Å². The molecule has 3 aromatic rings. The van der Waals surface area contributed by atoms with Gasteiger partial charge in [0.2, 0.25) is 5.91 Å². The molecule has 0 bridgehead atoms. The number of nitrogens with zero attached hydrogens (tertiary/aromatic N) is 2. The summed E-state index contributed by atoms with van der Waals surface area (Å²) in [7, 11) is 0. The molecule has 2 aromatic carbocycles. The minimum absolute atomic E-state index is 0.120. The van der Waals surface area contributed by atoms with Crippen molar-refractivity contribution in [2.24, 2.45) is 0 Å². The first-order valence-electron chi connectivity index (χ1n) is 9.91. The predicted octanol–water partition coefficient (Wildman–Crippen LogP) is 4.78. The van der Waals surface area contributed by atoms with Crippen LogP contribution in [0.5, 0.6) is 5.75 Å². The lowest BCUT2D eigenvalue weighted by atomic mass is 10.2. The average Bonchev–Trinajstić information content (AvgIpc) is 3.09. The third-order valence-electron chi connectivity index (χ3n) is 4.70. The number of hydrogen-bond donors (Lipinski definition) is 1. The first kappa shape index (κ1) is 20.9. The Morgan fingerprint density at radius 3 is 2.76 bits per heavy atom. The fourth-order valence-corrected chi connectivity index (χ4v) is 3.43. The molecule has 0 saturated heterocycles. The fraction of sp³-hybridized carbons (Fsp3) is 0.304. The second-order valence-electron chi connectivity index (χ2n) is 6.75. The van der Waals surface area contributed by atoms with Crippen molar-refractivity contribution in [2.75, 3.05) is 13.2 Å². The molecule has 0 radical (unpaired) electrons. The van der Waals surface area contributed by atoms with Crippen molar-refractivity contribution in [3.05, 3.63) is 72.0 Å². The van der Waals surface area contributed by atoms with Crippen LogP contribution >= 0.6 is 11.6 Å². The van der Waals surface area contributed by atoms with E-state index in [4.69, 9.17) is 21.3 Å². The Morgan fingerprint density at radius 1 is 1.14 bits per heavy atom. The van der Waals surface area contributed by atoms with Crippen LogP contribution in [0.15, 0.2) is 61.2 Å². The Morgan fingerprint density at radius 2 is 1.93 bits per heavy atom. The predicted molar refractivity (Wildman–Crippen MR) is 117 cm³/mol. The first-order chi connectivity index (χ1) is 14.2. The number of aromatic nitrogens is 2. The van der Waals surface area contributed by atoms with Gasteiger partial charge in [0.05, 0.1) is 22.6 Å². The topological polar surface area (TPSA) is 56.2 Å². The molecule has 0 aliphatic rings. The van der Waals surface area contributed by atoms with Gasteiger partial charge in [0.25, 0.3) is 0 Å². The van der Waals surface area contributed by atoms with Gasteiger partial charge in [0.1, 0.15) is 18.2 Å². The Labute approximate surface area is 176 Å². The third-order valence-corrected chi connectivity index (χ3v) is 5.02. The van der Waals surface area contributed by atoms with Crippen molar-refractivity contribution < 1.29 is 9.53 Å². The minimum atomic E-state index is -0.120. The van der Waals surface area contributed by atoms with E-state index in [2.05, 4.69) is 22.5 Å². The molecule has 1 heterocycles. The van der Waals surface area contributed by atoms with E-state index in [1.165, 1.54) is 6.08 Å². The number of nitrogens with one attached hydrogen (secondary N) is 1. The Hall–Kier alpha value is -2.79. The van der Waals surface area contributed by atoms with Crippen LogP contribution in [0.3, 0.4) is 0 Å². The summed E-state index contributed by atoms with van der Waals surface area (Å²) in [6.45, 7) is 5.35. The largest absolute Gasteiger partial charge is 0.490 e. The zero-order chi connectivity index (χ0) is 20.5. The summed E-state index contributed by atoms with van der Waals surface area (Å²) in [5.74, 6) is 1.64. The van der Waals surface area contributed by atoms with E-state index in [9.17, 15) is 4.79 Å². The van der Waals surface area contributed by atoms with Gasteiger partial charge in [0, 0.05) is 13.0 Å². The molecule has 6 heteroatoms. The molecule has 0 aliphatic carbocycles. The molecule has 0 aliphatic heterocycles. The third kappa shape index (κ3) is 5.84. The van der Waals surface area contributed by atoms with Crippen LogP contribution in [0.4, 0.5) is 0 Å². The Balaban J connectivity index is 1.58. The van der Waals surface area contributed by atoms with Crippen LogP contribution < -0.4 is 10.1 Å². The van der Waals surface area contributed by atoms with E-state index < -0.39 is 0 Å². The summed E-state index contributed by atoms with van der Waals surface area (Å²) >= 11 is 6.17. The summed E-state index contributed by atoms with van der Waals surface area (Å²) in [6.07, 6.45) is 5.16. The fourth-order valence-electron chi connectivity index (χ4n) is 3.24. The molecule has 0 spiro atoms. The molecule has 0 unspecified atom stereocenters. The summed E-state index contributed by atoms with van der Waals surface area (Å²) in [6, 6.07) is 15.7. The van der Waals surface area contributed by atoms with E-state index in [0.717, 1.165) is 42.5 Å². The monoisotopic (exact) mass is 411 g/mol. The number of aryl methyl sites for hydroxylation is 1. The Bertz CT molecular complexity index is 968. The number of ether oxygens (including phenoxy) is 1. The maximum atomic E-state index is 11.2. The van der Waals surface area contributed by atoms with Crippen LogP contribution in [0, 0.1) is 0 Å². The average molecular weight is 412 g/mol. The molecule has 3 rings (SSSR count). The summed E-state index contributed by atoms with van der Waals surface area (Å²) in [5, 5.41) is 3.42. The van der Waals surface area contributed by atoms with Gasteiger partial charge in [-0.2, -0.15) is 0 Å². The van der Waals surface area contributed by atoms with Crippen LogP contribution in [0.1, 0.15) is 25.1 Å². The van der Waals surface area contributed by atoms with E-state index in [0.29, 0.717) is 30.5 Å². The quantitative estimate of drug-likeness (QED) is 0.364. The number of fused-ring (bicyclic) bond motifs is 1. The molecule has 5 nitrogen and oxygen atoms in total. The highest BCUT2D eigenvalue weighted by Gasteiger charge is 2.10. The van der Waals surface area contributed by atoms with Crippen molar-refractivity contribution >= 4 is 28.5 Å². The van der Waals surface area contributed by atoms with Gasteiger partial charge in [0.15, 0.2) is 0 Å². The lowest BCUT2D eigenvalue weighted by molar-refractivity contribution is -0.116. The molecule has 1 N–H and O–H groups in total. The second kappa shape index (κ2) is 10.7. The van der Waals surface area contributed by atoms with Gasteiger partial charge in [-0.25, -0.2) is 4.98 Å². The maximum Gasteiger partial charge on any atom is 0.243 e. The zero-order valence-corrected chi connectivity index (χ0v) is 17.2. The van der Waals surface area contributed by atoms with E-state index in [1.54, 1.807) is 0 Å². The molecular weight excluding hydrogens is 386 g/mol. The number of unbranched alkanes of at least 4 members (excludes halogenated alkanes) is 2. The molecule has 0 saturated carbocycles. The highest BCUT2D eigenvalue weighted by atomic mass is 35.5. The highest BCUT2D eigenvalue weighted by Crippen LogP contribution is 2.23. The van der Waals surface area contributed by atoms with Gasteiger partial charge in [-0.1, -0.05) is 48.9 Å². The lowest BCUT2D eigenvalue weighted by Gasteiger charge is -2.12. The van der Waals surface area contributed by atoms with Gasteiger partial charge in [-0.3, -0.25) is 4.79 Å². The SMILES string of the molecule is C=CC(=O)NCCCCCc1nc2ccccc2n1CCOc1ccccc1Cl. The standard InChI is InChI=1S/C23H26ClN3O2/c1-2-23(28)25-15-9-3-4-14-22-26-19-11-6-7-12-20(19)27(22)16-17-29-21-13-8-5-10-18(21)24/h2,5-8,10-13H,1,3-4,9,14-17H2,(H,25,28). The van der Waals surface area contributed by atoms with Gasteiger partial charge < -0.3 is 14.6 Å². The number of amides is 1. The molecule has 152 valence electrons. The molecule has 0 atom stereocenters. The first-order valence-corrected chi connectivity index (χ1v) is 10.3. The van der Waals surface area contributed by atoms with Crippen molar-refractivity contribution in [3.8, 4) is 5.75 Å².